The highest BCUT2D eigenvalue weighted by Gasteiger charge is 2.32. The fourth-order valence-corrected chi connectivity index (χ4v) is 3.68. The summed E-state index contributed by atoms with van der Waals surface area (Å²) in [5, 5.41) is 2.94. The van der Waals surface area contributed by atoms with Gasteiger partial charge in [-0.2, -0.15) is 0 Å². The molecular formula is C23H28ClN5O4. The minimum atomic E-state index is -0.749. The van der Waals surface area contributed by atoms with E-state index in [2.05, 4.69) is 15.3 Å². The maximum atomic E-state index is 13.2. The van der Waals surface area contributed by atoms with E-state index in [-0.39, 0.29) is 28.8 Å². The van der Waals surface area contributed by atoms with Crippen LogP contribution in [0, 0.1) is 5.92 Å². The Kier molecular flexibility index (Phi) is 8.21. The third kappa shape index (κ3) is 6.19. The van der Waals surface area contributed by atoms with Crippen molar-refractivity contribution >= 4 is 29.5 Å². The van der Waals surface area contributed by atoms with Gasteiger partial charge in [0.15, 0.2) is 5.82 Å². The number of nitrogens with zero attached hydrogens (tertiary/aromatic N) is 4. The van der Waals surface area contributed by atoms with E-state index in [0.717, 1.165) is 5.56 Å². The first-order valence-corrected chi connectivity index (χ1v) is 11.3. The van der Waals surface area contributed by atoms with Crippen molar-refractivity contribution < 1.29 is 19.1 Å². The van der Waals surface area contributed by atoms with Gasteiger partial charge in [-0.05, 0) is 12.8 Å². The van der Waals surface area contributed by atoms with Gasteiger partial charge in [0.25, 0.3) is 5.91 Å². The van der Waals surface area contributed by atoms with Crippen molar-refractivity contribution in [2.24, 2.45) is 5.92 Å². The van der Waals surface area contributed by atoms with Crippen molar-refractivity contribution in [3.05, 3.63) is 47.2 Å². The molecule has 0 spiro atoms. The molecule has 0 unspecified atom stereocenters. The first kappa shape index (κ1) is 24.4. The van der Waals surface area contributed by atoms with E-state index in [0.29, 0.717) is 38.6 Å². The number of rotatable bonds is 6. The number of hydrogen-bond acceptors (Lipinski definition) is 6. The number of carbonyl (C=O) groups is 3. The summed E-state index contributed by atoms with van der Waals surface area (Å²) in [4.78, 5) is 49.8. The molecule has 1 fully saturated rings. The monoisotopic (exact) mass is 473 g/mol. The number of amides is 3. The molecule has 2 aromatic rings. The molecule has 3 rings (SSSR count). The number of nitrogens with one attached hydrogen (secondary N) is 1. The zero-order valence-electron chi connectivity index (χ0n) is 19.0. The van der Waals surface area contributed by atoms with Gasteiger partial charge in [-0.1, -0.05) is 55.8 Å². The van der Waals surface area contributed by atoms with E-state index in [9.17, 15) is 14.4 Å². The summed E-state index contributed by atoms with van der Waals surface area (Å²) < 4.78 is 5.02. The molecule has 2 heterocycles. The van der Waals surface area contributed by atoms with Crippen LogP contribution in [-0.2, 0) is 9.53 Å². The summed E-state index contributed by atoms with van der Waals surface area (Å²) in [7, 11) is 0. The van der Waals surface area contributed by atoms with Crippen LogP contribution >= 0.6 is 11.6 Å². The van der Waals surface area contributed by atoms with Gasteiger partial charge >= 0.3 is 6.09 Å². The Morgan fingerprint density at radius 2 is 1.70 bits per heavy atom. The first-order chi connectivity index (χ1) is 15.8. The molecule has 1 saturated heterocycles. The second kappa shape index (κ2) is 11.1. The second-order valence-electron chi connectivity index (χ2n) is 7.97. The molecule has 0 saturated carbocycles. The van der Waals surface area contributed by atoms with E-state index in [1.807, 2.05) is 44.2 Å². The fraction of sp³-hybridized carbons (Fsp3) is 0.435. The highest BCUT2D eigenvalue weighted by Crippen LogP contribution is 2.18. The van der Waals surface area contributed by atoms with Crippen molar-refractivity contribution in [3.8, 4) is 11.4 Å². The summed E-state index contributed by atoms with van der Waals surface area (Å²) in [5.41, 5.74) is 0.810. The predicted octanol–water partition coefficient (Wildman–Crippen LogP) is 2.85. The molecule has 10 heteroatoms. The van der Waals surface area contributed by atoms with Gasteiger partial charge in [0, 0.05) is 37.8 Å². The Hall–Kier alpha value is -3.20. The van der Waals surface area contributed by atoms with E-state index in [4.69, 9.17) is 16.3 Å². The molecule has 1 aliphatic heterocycles. The fourth-order valence-electron chi connectivity index (χ4n) is 3.50. The van der Waals surface area contributed by atoms with Crippen molar-refractivity contribution in [1.82, 2.24) is 25.1 Å². The molecule has 1 N–H and O–H groups in total. The van der Waals surface area contributed by atoms with E-state index in [1.54, 1.807) is 16.7 Å². The summed E-state index contributed by atoms with van der Waals surface area (Å²) in [5.74, 6) is -0.537. The number of halogens is 1. The molecule has 176 valence electrons. The number of piperazine rings is 1. The third-order valence-corrected chi connectivity index (χ3v) is 5.49. The Bertz CT molecular complexity index is 994. The van der Waals surface area contributed by atoms with Gasteiger partial charge in [-0.25, -0.2) is 14.8 Å². The molecule has 1 aromatic carbocycles. The molecule has 0 radical (unpaired) electrons. The average Bonchev–Trinajstić information content (AvgIpc) is 2.82. The lowest BCUT2D eigenvalue weighted by Crippen LogP contribution is -2.57. The summed E-state index contributed by atoms with van der Waals surface area (Å²) in [6.07, 6.45) is -0.381. The van der Waals surface area contributed by atoms with Crippen LogP contribution in [-0.4, -0.2) is 76.5 Å². The van der Waals surface area contributed by atoms with Gasteiger partial charge in [-0.3, -0.25) is 9.59 Å². The zero-order valence-corrected chi connectivity index (χ0v) is 19.7. The third-order valence-electron chi connectivity index (χ3n) is 5.30. The minimum Gasteiger partial charge on any atom is -0.450 e. The van der Waals surface area contributed by atoms with Gasteiger partial charge in [-0.15, -0.1) is 0 Å². The Morgan fingerprint density at radius 3 is 2.30 bits per heavy atom. The Balaban J connectivity index is 1.70. The van der Waals surface area contributed by atoms with Gasteiger partial charge in [0.2, 0.25) is 5.91 Å². The van der Waals surface area contributed by atoms with Crippen LogP contribution < -0.4 is 5.32 Å². The van der Waals surface area contributed by atoms with Crippen molar-refractivity contribution in [1.29, 1.82) is 0 Å². The summed E-state index contributed by atoms with van der Waals surface area (Å²) >= 11 is 6.14. The van der Waals surface area contributed by atoms with Crippen LogP contribution in [0.15, 0.2) is 36.4 Å². The van der Waals surface area contributed by atoms with Crippen molar-refractivity contribution in [2.75, 3.05) is 32.8 Å². The largest absolute Gasteiger partial charge is 0.450 e. The topological polar surface area (TPSA) is 105 Å². The molecular weight excluding hydrogens is 446 g/mol. The van der Waals surface area contributed by atoms with E-state index < -0.39 is 11.9 Å². The average molecular weight is 474 g/mol. The molecule has 1 aromatic heterocycles. The molecule has 1 atom stereocenters. The maximum Gasteiger partial charge on any atom is 0.409 e. The predicted molar refractivity (Wildman–Crippen MR) is 124 cm³/mol. The number of ether oxygens (including phenoxy) is 1. The van der Waals surface area contributed by atoms with Crippen LogP contribution in [0.25, 0.3) is 11.4 Å². The second-order valence-corrected chi connectivity index (χ2v) is 8.36. The van der Waals surface area contributed by atoms with Crippen molar-refractivity contribution in [3.63, 3.8) is 0 Å². The van der Waals surface area contributed by atoms with Crippen LogP contribution in [0.1, 0.15) is 31.3 Å². The SMILES string of the molecule is CCOC(=O)N1CCN(C(=O)[C@@H](NC(=O)c2cc(Cl)nc(-c3ccccc3)n2)C(C)C)CC1. The quantitative estimate of drug-likeness (QED) is 0.647. The van der Waals surface area contributed by atoms with Crippen LogP contribution in [0.3, 0.4) is 0 Å². The lowest BCUT2D eigenvalue weighted by atomic mass is 10.0. The van der Waals surface area contributed by atoms with Crippen LogP contribution in [0.5, 0.6) is 0 Å². The van der Waals surface area contributed by atoms with Crippen molar-refractivity contribution in [2.45, 2.75) is 26.8 Å². The molecule has 1 aliphatic rings. The highest BCUT2D eigenvalue weighted by molar-refractivity contribution is 6.29. The standard InChI is InChI=1S/C23H28ClN5O4/c1-4-33-23(32)29-12-10-28(11-13-29)22(31)19(15(2)3)27-21(30)17-14-18(24)26-20(25-17)16-8-6-5-7-9-16/h5-9,14-15,19H,4,10-13H2,1-3H3,(H,27,30)/t19-/m0/s1. The first-order valence-electron chi connectivity index (χ1n) is 10.9. The Labute approximate surface area is 198 Å². The normalized spacial score (nSPS) is 14.7. The number of aromatic nitrogens is 2. The number of hydrogen-bond donors (Lipinski definition) is 1. The maximum absolute atomic E-state index is 13.2. The summed E-state index contributed by atoms with van der Waals surface area (Å²) in [6.45, 7) is 7.28. The molecule has 3 amide bonds. The molecule has 0 bridgehead atoms. The van der Waals surface area contributed by atoms with E-state index in [1.165, 1.54) is 6.07 Å². The minimum absolute atomic E-state index is 0.0828. The van der Waals surface area contributed by atoms with Gasteiger partial charge in [0.1, 0.15) is 16.9 Å². The molecule has 0 aliphatic carbocycles. The Morgan fingerprint density at radius 1 is 1.06 bits per heavy atom. The van der Waals surface area contributed by atoms with Crippen LogP contribution in [0.2, 0.25) is 5.15 Å². The van der Waals surface area contributed by atoms with E-state index >= 15 is 0 Å². The summed E-state index contributed by atoms with van der Waals surface area (Å²) in [6, 6.07) is 9.83. The number of benzene rings is 1. The van der Waals surface area contributed by atoms with Gasteiger partial charge in [0.05, 0.1) is 6.61 Å². The van der Waals surface area contributed by atoms with Crippen LogP contribution in [0.4, 0.5) is 4.79 Å². The molecule has 9 nitrogen and oxygen atoms in total. The smallest absolute Gasteiger partial charge is 0.409 e. The highest BCUT2D eigenvalue weighted by atomic mass is 35.5. The molecule has 33 heavy (non-hydrogen) atoms. The number of carbonyl (C=O) groups excluding carboxylic acids is 3. The van der Waals surface area contributed by atoms with Gasteiger partial charge < -0.3 is 19.9 Å². The zero-order chi connectivity index (χ0) is 24.0. The lowest BCUT2D eigenvalue weighted by Gasteiger charge is -2.36. The lowest BCUT2D eigenvalue weighted by molar-refractivity contribution is -0.135.